The molecule has 4 heteroatoms. The highest BCUT2D eigenvalue weighted by Crippen LogP contribution is 2.01. The maximum atomic E-state index is 11.2. The van der Waals surface area contributed by atoms with E-state index in [0.29, 0.717) is 19.0 Å². The van der Waals surface area contributed by atoms with Crippen LogP contribution in [0.15, 0.2) is 0 Å². The molecule has 1 amide bonds. The van der Waals surface area contributed by atoms with Gasteiger partial charge in [-0.1, -0.05) is 6.92 Å². The van der Waals surface area contributed by atoms with Crippen LogP contribution in [-0.4, -0.2) is 32.2 Å². The molecular weight excluding hydrogens is 180 g/mol. The van der Waals surface area contributed by atoms with E-state index < -0.39 is 0 Å². The van der Waals surface area contributed by atoms with E-state index in [9.17, 15) is 4.79 Å². The van der Waals surface area contributed by atoms with Crippen molar-refractivity contribution in [3.8, 4) is 0 Å². The number of nitrogens with one attached hydrogen (secondary N) is 1. The van der Waals surface area contributed by atoms with Crippen molar-refractivity contribution >= 4 is 5.91 Å². The molecule has 0 aliphatic heterocycles. The molecule has 0 aromatic carbocycles. The predicted molar refractivity (Wildman–Crippen MR) is 56.9 cm³/mol. The van der Waals surface area contributed by atoms with Gasteiger partial charge in [0, 0.05) is 13.7 Å². The first-order chi connectivity index (χ1) is 6.61. The average molecular weight is 202 g/mol. The standard InChI is InChI=1S/C10H22N2O2/c1-8(7-11)5-4-6-12-10(13)9(2)14-3/h8-9H,4-7,11H2,1-3H3,(H,12,13). The lowest BCUT2D eigenvalue weighted by atomic mass is 10.1. The van der Waals surface area contributed by atoms with Gasteiger partial charge in [-0.15, -0.1) is 0 Å². The summed E-state index contributed by atoms with van der Waals surface area (Å²) >= 11 is 0. The summed E-state index contributed by atoms with van der Waals surface area (Å²) in [6.07, 6.45) is 1.67. The van der Waals surface area contributed by atoms with Crippen LogP contribution < -0.4 is 11.1 Å². The number of carbonyl (C=O) groups is 1. The average Bonchev–Trinajstić information content (AvgIpc) is 2.22. The molecule has 0 rings (SSSR count). The smallest absolute Gasteiger partial charge is 0.248 e. The van der Waals surface area contributed by atoms with Crippen LogP contribution in [-0.2, 0) is 9.53 Å². The Bertz CT molecular complexity index is 162. The number of hydrogen-bond acceptors (Lipinski definition) is 3. The van der Waals surface area contributed by atoms with Gasteiger partial charge in [-0.05, 0) is 32.2 Å². The van der Waals surface area contributed by atoms with Crippen molar-refractivity contribution in [2.24, 2.45) is 11.7 Å². The van der Waals surface area contributed by atoms with E-state index in [1.54, 1.807) is 6.92 Å². The molecule has 2 atom stereocenters. The summed E-state index contributed by atoms with van der Waals surface area (Å²) in [6, 6.07) is 0. The van der Waals surface area contributed by atoms with Crippen molar-refractivity contribution in [3.05, 3.63) is 0 Å². The maximum absolute atomic E-state index is 11.2. The van der Waals surface area contributed by atoms with Gasteiger partial charge in [0.1, 0.15) is 6.10 Å². The summed E-state index contributed by atoms with van der Waals surface area (Å²) in [4.78, 5) is 11.2. The van der Waals surface area contributed by atoms with Crippen molar-refractivity contribution < 1.29 is 9.53 Å². The fourth-order valence-electron chi connectivity index (χ4n) is 1.03. The number of hydrogen-bond donors (Lipinski definition) is 2. The second-order valence-corrected chi connectivity index (χ2v) is 3.65. The topological polar surface area (TPSA) is 64.3 Å². The molecule has 4 nitrogen and oxygen atoms in total. The Hall–Kier alpha value is -0.610. The highest BCUT2D eigenvalue weighted by molar-refractivity contribution is 5.80. The van der Waals surface area contributed by atoms with E-state index in [0.717, 1.165) is 12.8 Å². The molecule has 0 aliphatic carbocycles. The van der Waals surface area contributed by atoms with Crippen LogP contribution in [0.5, 0.6) is 0 Å². The zero-order valence-corrected chi connectivity index (χ0v) is 9.38. The first kappa shape index (κ1) is 13.4. The molecule has 0 heterocycles. The second kappa shape index (κ2) is 7.76. The van der Waals surface area contributed by atoms with Gasteiger partial charge < -0.3 is 15.8 Å². The van der Waals surface area contributed by atoms with E-state index >= 15 is 0 Å². The van der Waals surface area contributed by atoms with Gasteiger partial charge in [0.05, 0.1) is 0 Å². The fourth-order valence-corrected chi connectivity index (χ4v) is 1.03. The van der Waals surface area contributed by atoms with E-state index in [-0.39, 0.29) is 12.0 Å². The van der Waals surface area contributed by atoms with Crippen molar-refractivity contribution in [1.29, 1.82) is 0 Å². The summed E-state index contributed by atoms with van der Waals surface area (Å²) in [6.45, 7) is 5.26. The molecule has 2 unspecified atom stereocenters. The molecular formula is C10H22N2O2. The van der Waals surface area contributed by atoms with Gasteiger partial charge >= 0.3 is 0 Å². The third-order valence-corrected chi connectivity index (χ3v) is 2.30. The van der Waals surface area contributed by atoms with Gasteiger partial charge in [0.2, 0.25) is 5.91 Å². The number of nitrogens with two attached hydrogens (primary N) is 1. The van der Waals surface area contributed by atoms with Crippen LogP contribution in [0.3, 0.4) is 0 Å². The Kier molecular flexibility index (Phi) is 7.42. The highest BCUT2D eigenvalue weighted by atomic mass is 16.5. The minimum absolute atomic E-state index is 0.0482. The van der Waals surface area contributed by atoms with E-state index in [1.165, 1.54) is 7.11 Å². The molecule has 0 spiro atoms. The first-order valence-electron chi connectivity index (χ1n) is 5.12. The monoisotopic (exact) mass is 202 g/mol. The molecule has 14 heavy (non-hydrogen) atoms. The summed E-state index contributed by atoms with van der Waals surface area (Å²) < 4.78 is 4.88. The molecule has 0 aromatic heterocycles. The fraction of sp³-hybridized carbons (Fsp3) is 0.900. The molecule has 0 fully saturated rings. The third kappa shape index (κ3) is 5.94. The van der Waals surface area contributed by atoms with Crippen molar-refractivity contribution in [2.75, 3.05) is 20.2 Å². The molecule has 0 saturated heterocycles. The van der Waals surface area contributed by atoms with Crippen LogP contribution in [0.1, 0.15) is 26.7 Å². The van der Waals surface area contributed by atoms with Gasteiger partial charge in [-0.25, -0.2) is 0 Å². The van der Waals surface area contributed by atoms with Crippen LogP contribution in [0.25, 0.3) is 0 Å². The van der Waals surface area contributed by atoms with Crippen LogP contribution in [0, 0.1) is 5.92 Å². The molecule has 0 aliphatic rings. The molecule has 84 valence electrons. The van der Waals surface area contributed by atoms with Crippen LogP contribution in [0.4, 0.5) is 0 Å². The molecule has 0 bridgehead atoms. The molecule has 0 aromatic rings. The van der Waals surface area contributed by atoms with E-state index in [2.05, 4.69) is 12.2 Å². The Morgan fingerprint density at radius 3 is 2.64 bits per heavy atom. The summed E-state index contributed by atoms with van der Waals surface area (Å²) in [5.41, 5.74) is 5.48. The molecule has 3 N–H and O–H groups in total. The normalized spacial score (nSPS) is 14.9. The quantitative estimate of drug-likeness (QED) is 0.591. The van der Waals surface area contributed by atoms with Crippen molar-refractivity contribution in [2.45, 2.75) is 32.8 Å². The lowest BCUT2D eigenvalue weighted by molar-refractivity contribution is -0.130. The van der Waals surface area contributed by atoms with Crippen molar-refractivity contribution in [1.82, 2.24) is 5.32 Å². The second-order valence-electron chi connectivity index (χ2n) is 3.65. The highest BCUT2D eigenvalue weighted by Gasteiger charge is 2.09. The lowest BCUT2D eigenvalue weighted by Gasteiger charge is -2.11. The van der Waals surface area contributed by atoms with Gasteiger partial charge in [0.15, 0.2) is 0 Å². The maximum Gasteiger partial charge on any atom is 0.248 e. The summed E-state index contributed by atoms with van der Waals surface area (Å²) in [5, 5.41) is 2.81. The van der Waals surface area contributed by atoms with E-state index in [1.807, 2.05) is 0 Å². The Morgan fingerprint density at radius 2 is 2.14 bits per heavy atom. The molecule has 0 radical (unpaired) electrons. The van der Waals surface area contributed by atoms with Crippen LogP contribution in [0.2, 0.25) is 0 Å². The number of rotatable bonds is 7. The van der Waals surface area contributed by atoms with E-state index in [4.69, 9.17) is 10.5 Å². The van der Waals surface area contributed by atoms with Gasteiger partial charge in [0.25, 0.3) is 0 Å². The largest absolute Gasteiger partial charge is 0.372 e. The summed E-state index contributed by atoms with van der Waals surface area (Å²) in [5.74, 6) is 0.486. The Balaban J connectivity index is 3.40. The van der Waals surface area contributed by atoms with Gasteiger partial charge in [-0.2, -0.15) is 0 Å². The number of amides is 1. The lowest BCUT2D eigenvalue weighted by Crippen LogP contribution is -2.34. The SMILES string of the molecule is COC(C)C(=O)NCCCC(C)CN. The first-order valence-corrected chi connectivity index (χ1v) is 5.12. The zero-order valence-electron chi connectivity index (χ0n) is 9.38. The van der Waals surface area contributed by atoms with Crippen LogP contribution >= 0.6 is 0 Å². The minimum atomic E-state index is -0.359. The van der Waals surface area contributed by atoms with Gasteiger partial charge in [-0.3, -0.25) is 4.79 Å². The number of ether oxygens (including phenoxy) is 1. The summed E-state index contributed by atoms with van der Waals surface area (Å²) in [7, 11) is 1.53. The minimum Gasteiger partial charge on any atom is -0.372 e. The third-order valence-electron chi connectivity index (χ3n) is 2.30. The molecule has 0 saturated carbocycles. The Morgan fingerprint density at radius 1 is 1.50 bits per heavy atom. The van der Waals surface area contributed by atoms with Crippen molar-refractivity contribution in [3.63, 3.8) is 0 Å². The Labute approximate surface area is 86.2 Å². The predicted octanol–water partition coefficient (Wildman–Crippen LogP) is 0.513. The number of carbonyl (C=O) groups excluding carboxylic acids is 1. The zero-order chi connectivity index (χ0) is 11.0. The number of methoxy groups -OCH3 is 1.